The number of nitrogens with zero attached hydrogens (tertiary/aromatic N) is 2. The molecule has 2 bridgehead atoms. The molecule has 0 radical (unpaired) electrons. The summed E-state index contributed by atoms with van der Waals surface area (Å²) in [4.78, 5) is 18.2. The van der Waals surface area contributed by atoms with Gasteiger partial charge in [0.05, 0.1) is 19.8 Å². The highest BCUT2D eigenvalue weighted by Gasteiger charge is 2.43. The van der Waals surface area contributed by atoms with E-state index in [4.69, 9.17) is 13.3 Å². The normalized spacial score (nSPS) is 27.7. The SMILES string of the molecule is O=C(NCCC[Si]12OCCN(CCO1)CCO2)c1ccncc1. The second-order valence-electron chi connectivity index (χ2n) is 5.67. The first-order valence-electron chi connectivity index (χ1n) is 8.10. The van der Waals surface area contributed by atoms with Crippen LogP contribution in [0.5, 0.6) is 0 Å². The van der Waals surface area contributed by atoms with E-state index in [1.165, 1.54) is 0 Å². The lowest BCUT2D eigenvalue weighted by Gasteiger charge is -2.38. The number of carbonyl (C=O) groups excluding carboxylic acids is 1. The summed E-state index contributed by atoms with van der Waals surface area (Å²) in [5.74, 6) is -0.0831. The number of hydrogen-bond acceptors (Lipinski definition) is 6. The van der Waals surface area contributed by atoms with Gasteiger partial charge in [0.1, 0.15) is 0 Å². The van der Waals surface area contributed by atoms with Gasteiger partial charge in [0.2, 0.25) is 0 Å². The minimum atomic E-state index is -2.57. The Labute approximate surface area is 137 Å². The van der Waals surface area contributed by atoms with Gasteiger partial charge in [-0.3, -0.25) is 14.7 Å². The molecule has 0 unspecified atom stereocenters. The van der Waals surface area contributed by atoms with Crippen molar-refractivity contribution in [2.45, 2.75) is 12.5 Å². The first-order valence-corrected chi connectivity index (χ1v) is 10.0. The largest absolute Gasteiger partial charge is 0.501 e. The molecule has 1 N–H and O–H groups in total. The summed E-state index contributed by atoms with van der Waals surface area (Å²) in [6, 6.07) is 4.14. The molecule has 0 atom stereocenters. The summed E-state index contributed by atoms with van der Waals surface area (Å²) in [6.45, 7) is 5.40. The number of hydrogen-bond donors (Lipinski definition) is 1. The van der Waals surface area contributed by atoms with Gasteiger partial charge in [-0.25, -0.2) is 0 Å². The lowest BCUT2D eigenvalue weighted by atomic mass is 10.2. The predicted octanol–water partition coefficient (Wildman–Crippen LogP) is 0.519. The molecule has 23 heavy (non-hydrogen) atoms. The Balaban J connectivity index is 1.46. The van der Waals surface area contributed by atoms with Gasteiger partial charge in [0.15, 0.2) is 0 Å². The van der Waals surface area contributed by atoms with Gasteiger partial charge in [0, 0.05) is 50.2 Å². The highest BCUT2D eigenvalue weighted by Crippen LogP contribution is 2.21. The average molecular weight is 337 g/mol. The molecule has 0 saturated carbocycles. The van der Waals surface area contributed by atoms with Crippen LogP contribution in [0.1, 0.15) is 16.8 Å². The van der Waals surface area contributed by atoms with Crippen LogP contribution in [-0.2, 0) is 13.3 Å². The van der Waals surface area contributed by atoms with Gasteiger partial charge in [-0.2, -0.15) is 0 Å². The van der Waals surface area contributed by atoms with Gasteiger partial charge in [0.25, 0.3) is 5.91 Å². The fourth-order valence-corrected chi connectivity index (χ4v) is 5.28. The maximum atomic E-state index is 12.0. The first kappa shape index (κ1) is 16.5. The molecule has 7 nitrogen and oxygen atoms in total. The van der Waals surface area contributed by atoms with E-state index in [0.717, 1.165) is 32.1 Å². The van der Waals surface area contributed by atoms with Crippen molar-refractivity contribution in [1.29, 1.82) is 0 Å². The quantitative estimate of drug-likeness (QED) is 0.624. The van der Waals surface area contributed by atoms with Crippen LogP contribution < -0.4 is 5.32 Å². The van der Waals surface area contributed by atoms with Crippen LogP contribution in [0.15, 0.2) is 24.5 Å². The molecule has 1 aromatic rings. The van der Waals surface area contributed by atoms with Gasteiger partial charge in [-0.05, 0) is 18.6 Å². The Morgan fingerprint density at radius 1 is 1.13 bits per heavy atom. The molecular formula is C15H23N3O4Si. The molecule has 8 heteroatoms. The molecule has 4 heterocycles. The van der Waals surface area contributed by atoms with Crippen molar-refractivity contribution in [3.05, 3.63) is 30.1 Å². The maximum Gasteiger partial charge on any atom is 0.501 e. The molecule has 1 aromatic heterocycles. The third kappa shape index (κ3) is 4.58. The van der Waals surface area contributed by atoms with Crippen molar-refractivity contribution in [3.8, 4) is 0 Å². The molecule has 3 saturated heterocycles. The minimum Gasteiger partial charge on any atom is -0.372 e. The molecule has 0 spiro atoms. The van der Waals surface area contributed by atoms with Crippen molar-refractivity contribution < 1.29 is 18.1 Å². The topological polar surface area (TPSA) is 72.9 Å². The molecule has 0 aliphatic carbocycles. The number of amides is 1. The second-order valence-corrected chi connectivity index (χ2v) is 8.40. The highest BCUT2D eigenvalue weighted by molar-refractivity contribution is 6.60. The Morgan fingerprint density at radius 2 is 1.74 bits per heavy atom. The highest BCUT2D eigenvalue weighted by atomic mass is 28.4. The number of carbonyl (C=O) groups is 1. The summed E-state index contributed by atoms with van der Waals surface area (Å²) in [7, 11) is -2.57. The van der Waals surface area contributed by atoms with E-state index in [1.807, 2.05) is 0 Å². The van der Waals surface area contributed by atoms with Crippen LogP contribution in [-0.4, -0.2) is 70.6 Å². The summed E-state index contributed by atoms with van der Waals surface area (Å²) >= 11 is 0. The second kappa shape index (κ2) is 7.98. The van der Waals surface area contributed by atoms with Gasteiger partial charge >= 0.3 is 8.80 Å². The van der Waals surface area contributed by atoms with Crippen molar-refractivity contribution in [1.82, 2.24) is 15.2 Å². The summed E-state index contributed by atoms with van der Waals surface area (Å²) in [6.07, 6.45) is 4.01. The van der Waals surface area contributed by atoms with Crippen molar-refractivity contribution in [2.24, 2.45) is 0 Å². The molecule has 0 aromatic carbocycles. The molecule has 1 amide bonds. The van der Waals surface area contributed by atoms with E-state index in [1.54, 1.807) is 24.5 Å². The maximum absolute atomic E-state index is 12.0. The molecular weight excluding hydrogens is 314 g/mol. The smallest absolute Gasteiger partial charge is 0.372 e. The standard InChI is InChI=1S/C15H23N3O4Si/c19-15(14-2-5-16-6-3-14)17-4-1-13-23-20-10-7-18(8-11-21-23)9-12-22-23/h2-3,5-6H,1,4,7-13H2,(H,17,19). The van der Waals surface area contributed by atoms with Crippen LogP contribution in [0.2, 0.25) is 6.04 Å². The van der Waals surface area contributed by atoms with E-state index in [0.29, 0.717) is 31.9 Å². The zero-order valence-electron chi connectivity index (χ0n) is 13.2. The Kier molecular flexibility index (Phi) is 5.73. The zero-order chi connectivity index (χ0) is 16.0. The molecule has 3 aliphatic heterocycles. The van der Waals surface area contributed by atoms with Crippen molar-refractivity contribution >= 4 is 14.7 Å². The average Bonchev–Trinajstić information content (AvgIpc) is 2.52. The number of fused-ring (bicyclic) bond motifs is 6. The van der Waals surface area contributed by atoms with Crippen LogP contribution >= 0.6 is 0 Å². The van der Waals surface area contributed by atoms with Gasteiger partial charge in [-0.1, -0.05) is 0 Å². The Bertz CT molecular complexity index is 490. The fourth-order valence-electron chi connectivity index (χ4n) is 2.78. The third-order valence-corrected chi connectivity index (χ3v) is 6.97. The van der Waals surface area contributed by atoms with Crippen LogP contribution in [0, 0.1) is 0 Å². The van der Waals surface area contributed by atoms with Crippen LogP contribution in [0.3, 0.4) is 0 Å². The third-order valence-electron chi connectivity index (χ3n) is 4.08. The lowest BCUT2D eigenvalue weighted by molar-refractivity contribution is -0.00851. The van der Waals surface area contributed by atoms with Gasteiger partial charge in [-0.15, -0.1) is 0 Å². The Morgan fingerprint density at radius 3 is 2.35 bits per heavy atom. The van der Waals surface area contributed by atoms with E-state index in [2.05, 4.69) is 15.2 Å². The summed E-state index contributed by atoms with van der Waals surface area (Å²) < 4.78 is 17.9. The number of nitrogens with one attached hydrogen (secondary N) is 1. The Hall–Kier alpha value is -1.32. The van der Waals surface area contributed by atoms with Crippen molar-refractivity contribution in [3.63, 3.8) is 0 Å². The molecule has 3 fully saturated rings. The molecule has 126 valence electrons. The van der Waals surface area contributed by atoms with E-state index < -0.39 is 8.80 Å². The van der Waals surface area contributed by atoms with E-state index in [9.17, 15) is 4.79 Å². The summed E-state index contributed by atoms with van der Waals surface area (Å²) in [5, 5.41) is 2.92. The van der Waals surface area contributed by atoms with Crippen LogP contribution in [0.4, 0.5) is 0 Å². The van der Waals surface area contributed by atoms with Gasteiger partial charge < -0.3 is 18.6 Å². The lowest BCUT2D eigenvalue weighted by Crippen LogP contribution is -2.55. The van der Waals surface area contributed by atoms with Crippen molar-refractivity contribution in [2.75, 3.05) is 46.0 Å². The number of rotatable bonds is 5. The summed E-state index contributed by atoms with van der Waals surface area (Å²) in [5.41, 5.74) is 0.621. The predicted molar refractivity (Wildman–Crippen MR) is 86.0 cm³/mol. The van der Waals surface area contributed by atoms with Crippen LogP contribution in [0.25, 0.3) is 0 Å². The molecule has 4 rings (SSSR count). The minimum absolute atomic E-state index is 0.0831. The first-order chi connectivity index (χ1) is 11.3. The fraction of sp³-hybridized carbons (Fsp3) is 0.600. The molecule has 3 aliphatic rings. The number of pyridine rings is 1. The monoisotopic (exact) mass is 337 g/mol. The number of aromatic nitrogens is 1. The van der Waals surface area contributed by atoms with E-state index in [-0.39, 0.29) is 5.91 Å². The zero-order valence-corrected chi connectivity index (χ0v) is 14.2. The van der Waals surface area contributed by atoms with E-state index >= 15 is 0 Å².